The van der Waals surface area contributed by atoms with Crippen LogP contribution in [0.25, 0.3) is 0 Å². The van der Waals surface area contributed by atoms with Gasteiger partial charge in [0.25, 0.3) is 0 Å². The SMILES string of the molecule is CC(C)C1COC(=[Se])N1C(=O)COCc1ccccc1. The van der Waals surface area contributed by atoms with E-state index in [-0.39, 0.29) is 18.6 Å². The number of amides is 1. The second-order valence-electron chi connectivity index (χ2n) is 5.13. The van der Waals surface area contributed by atoms with E-state index in [0.717, 1.165) is 5.56 Å². The standard InChI is InChI=1S/C15H19NO3Se/c1-11(2)13-9-19-15(20)16(13)14(17)10-18-8-12-6-4-3-5-7-12/h3-7,11,13H,8-10H2,1-2H3. The summed E-state index contributed by atoms with van der Waals surface area (Å²) in [5.41, 5.74) is 1.06. The molecule has 0 aliphatic carbocycles. The molecule has 0 radical (unpaired) electrons. The zero-order valence-corrected chi connectivity index (χ0v) is 13.5. The summed E-state index contributed by atoms with van der Waals surface area (Å²) < 4.78 is 11.5. The minimum absolute atomic E-state index is 0.0622. The molecule has 1 atom stereocenters. The van der Waals surface area contributed by atoms with Gasteiger partial charge in [-0.15, -0.1) is 0 Å². The molecular formula is C15H19NO3Se. The van der Waals surface area contributed by atoms with Crippen LogP contribution in [0.5, 0.6) is 0 Å². The summed E-state index contributed by atoms with van der Waals surface area (Å²) >= 11 is 2.81. The topological polar surface area (TPSA) is 38.8 Å². The van der Waals surface area contributed by atoms with E-state index in [0.29, 0.717) is 23.9 Å². The van der Waals surface area contributed by atoms with Crippen LogP contribution in [-0.4, -0.2) is 50.4 Å². The zero-order chi connectivity index (χ0) is 14.5. The van der Waals surface area contributed by atoms with Crippen molar-refractivity contribution < 1.29 is 14.3 Å². The average molecular weight is 340 g/mol. The van der Waals surface area contributed by atoms with Crippen molar-refractivity contribution in [1.82, 2.24) is 4.90 Å². The Hall–Kier alpha value is -1.16. The molecule has 0 bridgehead atoms. The van der Waals surface area contributed by atoms with Gasteiger partial charge in [0.1, 0.15) is 0 Å². The normalized spacial score (nSPS) is 18.4. The molecule has 1 amide bonds. The molecule has 1 aliphatic heterocycles. The summed E-state index contributed by atoms with van der Waals surface area (Å²) in [6.07, 6.45) is 0. The van der Waals surface area contributed by atoms with Gasteiger partial charge in [0.2, 0.25) is 0 Å². The molecule has 0 N–H and O–H groups in total. The number of carbonyl (C=O) groups is 1. The molecule has 4 nitrogen and oxygen atoms in total. The van der Waals surface area contributed by atoms with E-state index in [1.807, 2.05) is 30.3 Å². The molecule has 1 fully saturated rings. The predicted octanol–water partition coefficient (Wildman–Crippen LogP) is 1.34. The maximum absolute atomic E-state index is 12.2. The van der Waals surface area contributed by atoms with Crippen molar-refractivity contribution >= 4 is 26.2 Å². The summed E-state index contributed by atoms with van der Waals surface area (Å²) in [6, 6.07) is 9.90. The zero-order valence-electron chi connectivity index (χ0n) is 11.7. The molecule has 0 aromatic heterocycles. The Morgan fingerprint density at radius 1 is 1.45 bits per heavy atom. The maximum atomic E-state index is 12.2. The molecule has 5 heteroatoms. The van der Waals surface area contributed by atoms with Crippen molar-refractivity contribution in [3.8, 4) is 0 Å². The number of hydrogen-bond acceptors (Lipinski definition) is 3. The summed E-state index contributed by atoms with van der Waals surface area (Å²) in [6.45, 7) is 5.21. The summed E-state index contributed by atoms with van der Waals surface area (Å²) in [5.74, 6) is 0.282. The van der Waals surface area contributed by atoms with Gasteiger partial charge in [-0.1, -0.05) is 0 Å². The van der Waals surface area contributed by atoms with Gasteiger partial charge < -0.3 is 0 Å². The van der Waals surface area contributed by atoms with Crippen LogP contribution in [0.3, 0.4) is 0 Å². The van der Waals surface area contributed by atoms with E-state index in [1.54, 1.807) is 4.90 Å². The third kappa shape index (κ3) is 3.69. The first-order valence-electron chi connectivity index (χ1n) is 6.70. The monoisotopic (exact) mass is 341 g/mol. The number of carbonyl (C=O) groups excluding carboxylic acids is 1. The molecular weight excluding hydrogens is 321 g/mol. The van der Waals surface area contributed by atoms with Gasteiger partial charge in [0.05, 0.1) is 0 Å². The first kappa shape index (κ1) is 15.2. The number of rotatable bonds is 5. The van der Waals surface area contributed by atoms with Crippen molar-refractivity contribution in [2.24, 2.45) is 5.92 Å². The summed E-state index contributed by atoms with van der Waals surface area (Å²) in [7, 11) is 0. The van der Waals surface area contributed by atoms with Crippen molar-refractivity contribution in [2.75, 3.05) is 13.2 Å². The minimum atomic E-state index is -0.0640. The van der Waals surface area contributed by atoms with E-state index in [2.05, 4.69) is 29.4 Å². The summed E-state index contributed by atoms with van der Waals surface area (Å²) in [4.78, 5) is 13.9. The first-order chi connectivity index (χ1) is 9.59. The van der Waals surface area contributed by atoms with Crippen LogP contribution >= 0.6 is 0 Å². The van der Waals surface area contributed by atoms with Crippen LogP contribution in [0, 0.1) is 5.92 Å². The molecule has 1 saturated heterocycles. The van der Waals surface area contributed by atoms with E-state index >= 15 is 0 Å². The van der Waals surface area contributed by atoms with Gasteiger partial charge in [-0.25, -0.2) is 0 Å². The van der Waals surface area contributed by atoms with Crippen LogP contribution in [-0.2, 0) is 20.9 Å². The molecule has 108 valence electrons. The third-order valence-corrected chi connectivity index (χ3v) is 3.94. The fourth-order valence-corrected chi connectivity index (χ4v) is 2.75. The van der Waals surface area contributed by atoms with Crippen LogP contribution in [0.15, 0.2) is 30.3 Å². The summed E-state index contributed by atoms with van der Waals surface area (Å²) in [5, 5.41) is 0. The molecule has 1 aromatic carbocycles. The fourth-order valence-electron chi connectivity index (χ4n) is 2.11. The molecule has 20 heavy (non-hydrogen) atoms. The number of nitrogens with zero attached hydrogens (tertiary/aromatic N) is 1. The van der Waals surface area contributed by atoms with Gasteiger partial charge in [-0.3, -0.25) is 0 Å². The Morgan fingerprint density at radius 3 is 2.80 bits per heavy atom. The second kappa shape index (κ2) is 7.02. The van der Waals surface area contributed by atoms with Gasteiger partial charge in [0.15, 0.2) is 0 Å². The van der Waals surface area contributed by atoms with Crippen molar-refractivity contribution in [2.45, 2.75) is 26.5 Å². The molecule has 1 aromatic rings. The Morgan fingerprint density at radius 2 is 2.15 bits per heavy atom. The molecule has 1 heterocycles. The molecule has 0 saturated carbocycles. The average Bonchev–Trinajstić information content (AvgIpc) is 2.82. The first-order valence-corrected chi connectivity index (χ1v) is 7.55. The Bertz CT molecular complexity index is 475. The van der Waals surface area contributed by atoms with Gasteiger partial charge in [-0.2, -0.15) is 0 Å². The Labute approximate surface area is 127 Å². The van der Waals surface area contributed by atoms with Crippen molar-refractivity contribution in [1.29, 1.82) is 0 Å². The van der Waals surface area contributed by atoms with Crippen LogP contribution in [0.4, 0.5) is 0 Å². The Balaban J connectivity index is 1.86. The Kier molecular flexibility index (Phi) is 5.35. The number of ether oxygens (including phenoxy) is 2. The van der Waals surface area contributed by atoms with Gasteiger partial charge in [-0.05, 0) is 0 Å². The van der Waals surface area contributed by atoms with Gasteiger partial charge in [0, 0.05) is 0 Å². The molecule has 1 unspecified atom stereocenters. The van der Waals surface area contributed by atoms with Crippen LogP contribution in [0.1, 0.15) is 19.4 Å². The van der Waals surface area contributed by atoms with E-state index in [1.165, 1.54) is 0 Å². The third-order valence-electron chi connectivity index (χ3n) is 3.28. The van der Waals surface area contributed by atoms with Crippen molar-refractivity contribution in [3.05, 3.63) is 35.9 Å². The van der Waals surface area contributed by atoms with Crippen LogP contribution < -0.4 is 0 Å². The predicted molar refractivity (Wildman–Crippen MR) is 78.3 cm³/mol. The number of hydrogen-bond donors (Lipinski definition) is 0. The van der Waals surface area contributed by atoms with E-state index < -0.39 is 0 Å². The van der Waals surface area contributed by atoms with Crippen LogP contribution in [0.2, 0.25) is 0 Å². The molecule has 1 aliphatic rings. The quantitative estimate of drug-likeness (QED) is 0.760. The van der Waals surface area contributed by atoms with Gasteiger partial charge >= 0.3 is 127 Å². The van der Waals surface area contributed by atoms with E-state index in [9.17, 15) is 4.79 Å². The molecule has 2 rings (SSSR count). The second-order valence-corrected chi connectivity index (χ2v) is 5.86. The number of benzene rings is 1. The van der Waals surface area contributed by atoms with Crippen molar-refractivity contribution in [3.63, 3.8) is 0 Å². The van der Waals surface area contributed by atoms with E-state index in [4.69, 9.17) is 9.47 Å². The fraction of sp³-hybridized carbons (Fsp3) is 0.467. The molecule has 0 spiro atoms.